The molecule has 2 heterocycles. The Morgan fingerprint density at radius 2 is 2.17 bits per heavy atom. The minimum Gasteiger partial charge on any atom is -0.286 e. The molecule has 18 heavy (non-hydrogen) atoms. The van der Waals surface area contributed by atoms with Crippen LogP contribution in [0.1, 0.15) is 45.1 Å². The molecule has 0 aliphatic heterocycles. The van der Waals surface area contributed by atoms with Crippen molar-refractivity contribution < 1.29 is 4.79 Å². The highest BCUT2D eigenvalue weighted by atomic mass is 32.1. The smallest absolute Gasteiger partial charge is 0.223 e. The average molecular weight is 260 g/mol. The highest BCUT2D eigenvalue weighted by molar-refractivity contribution is 7.14. The van der Waals surface area contributed by atoms with Gasteiger partial charge < -0.3 is 0 Å². The molecular weight excluding hydrogens is 244 g/mol. The third kappa shape index (κ3) is 2.12. The Kier molecular flexibility index (Phi) is 3.04. The lowest BCUT2D eigenvalue weighted by Gasteiger charge is -1.93. The van der Waals surface area contributed by atoms with Crippen molar-refractivity contribution in [3.8, 4) is 0 Å². The summed E-state index contributed by atoms with van der Waals surface area (Å²) in [6, 6.07) is 3.87. The summed E-state index contributed by atoms with van der Waals surface area (Å²) < 4.78 is 1.67. The summed E-state index contributed by atoms with van der Waals surface area (Å²) in [7, 11) is 1.83. The van der Waals surface area contributed by atoms with Gasteiger partial charge in [0.05, 0.1) is 4.88 Å². The highest BCUT2D eigenvalue weighted by Gasteiger charge is 2.18. The van der Waals surface area contributed by atoms with Gasteiger partial charge in [-0.2, -0.15) is 5.10 Å². The number of rotatable bonds is 2. The minimum atomic E-state index is 0.0636. The number of thiophene rings is 1. The molecule has 0 saturated carbocycles. The Morgan fingerprint density at radius 3 is 2.94 bits per heavy atom. The molecule has 2 aromatic rings. The van der Waals surface area contributed by atoms with Crippen LogP contribution >= 0.6 is 11.3 Å². The summed E-state index contributed by atoms with van der Waals surface area (Å²) in [5, 5.41) is 4.19. The van der Waals surface area contributed by atoms with Gasteiger partial charge >= 0.3 is 0 Å². The average Bonchev–Trinajstić information content (AvgIpc) is 2.90. The lowest BCUT2D eigenvalue weighted by atomic mass is 10.1. The van der Waals surface area contributed by atoms with Crippen molar-refractivity contribution in [2.75, 3.05) is 0 Å². The second-order valence-electron chi connectivity index (χ2n) is 4.82. The number of fused-ring (bicyclic) bond motifs is 1. The van der Waals surface area contributed by atoms with Crippen LogP contribution in [0.15, 0.2) is 18.3 Å². The summed E-state index contributed by atoms with van der Waals surface area (Å²) in [6.45, 7) is 0. The molecule has 0 aromatic carbocycles. The summed E-state index contributed by atoms with van der Waals surface area (Å²) in [5.74, 6) is 0.0636. The zero-order chi connectivity index (χ0) is 12.5. The number of ketones is 1. The zero-order valence-corrected chi connectivity index (χ0v) is 11.3. The van der Waals surface area contributed by atoms with Crippen LogP contribution in [-0.4, -0.2) is 15.6 Å². The normalized spacial score (nSPS) is 15.2. The Balaban J connectivity index is 1.91. The van der Waals surface area contributed by atoms with Crippen molar-refractivity contribution in [2.45, 2.75) is 32.1 Å². The van der Waals surface area contributed by atoms with Crippen molar-refractivity contribution in [1.29, 1.82) is 0 Å². The molecule has 0 spiro atoms. The molecule has 0 unspecified atom stereocenters. The molecule has 1 aliphatic rings. The van der Waals surface area contributed by atoms with Crippen LogP contribution in [0.5, 0.6) is 0 Å². The zero-order valence-electron chi connectivity index (χ0n) is 10.5. The molecule has 2 aromatic heterocycles. The fraction of sp³-hybridized carbons (Fsp3) is 0.429. The van der Waals surface area contributed by atoms with Crippen molar-refractivity contribution in [3.05, 3.63) is 39.3 Å². The Labute approximate surface area is 110 Å². The van der Waals surface area contributed by atoms with Gasteiger partial charge in [-0.05, 0) is 43.4 Å². The Bertz CT molecular complexity index is 559. The molecule has 3 nitrogen and oxygen atoms in total. The predicted octanol–water partition coefficient (Wildman–Crippen LogP) is 2.98. The maximum absolute atomic E-state index is 12.3. The first kappa shape index (κ1) is 11.7. The lowest BCUT2D eigenvalue weighted by Crippen LogP contribution is -2.01. The topological polar surface area (TPSA) is 34.9 Å². The number of nitrogens with zero attached hydrogens (tertiary/aromatic N) is 2. The second kappa shape index (κ2) is 4.69. The molecule has 0 bridgehead atoms. The van der Waals surface area contributed by atoms with E-state index in [-0.39, 0.29) is 5.78 Å². The summed E-state index contributed by atoms with van der Waals surface area (Å²) >= 11 is 1.66. The third-order valence-corrected chi connectivity index (χ3v) is 4.65. The third-order valence-electron chi connectivity index (χ3n) is 3.42. The van der Waals surface area contributed by atoms with Crippen LogP contribution in [0.2, 0.25) is 0 Å². The Morgan fingerprint density at radius 1 is 1.33 bits per heavy atom. The molecule has 3 rings (SSSR count). The molecule has 0 N–H and O–H groups in total. The molecule has 0 radical (unpaired) electrons. The van der Waals surface area contributed by atoms with Crippen LogP contribution in [0.3, 0.4) is 0 Å². The standard InChI is InChI=1S/C14H16N2OS/c1-16-8-7-11(15-16)14(17)13-9-10-5-3-2-4-6-12(10)18-13/h7-9H,2-6H2,1H3. The van der Waals surface area contributed by atoms with Crippen LogP contribution < -0.4 is 0 Å². The van der Waals surface area contributed by atoms with Gasteiger partial charge in [-0.15, -0.1) is 11.3 Å². The van der Waals surface area contributed by atoms with E-state index in [4.69, 9.17) is 0 Å². The molecule has 0 saturated heterocycles. The first-order chi connectivity index (χ1) is 8.74. The van der Waals surface area contributed by atoms with Gasteiger partial charge in [0, 0.05) is 18.1 Å². The van der Waals surface area contributed by atoms with E-state index in [1.165, 1.54) is 29.7 Å². The summed E-state index contributed by atoms with van der Waals surface area (Å²) in [4.78, 5) is 14.6. The van der Waals surface area contributed by atoms with Gasteiger partial charge in [-0.1, -0.05) is 6.42 Å². The van der Waals surface area contributed by atoms with Crippen molar-refractivity contribution >= 4 is 17.1 Å². The van der Waals surface area contributed by atoms with E-state index in [1.807, 2.05) is 13.2 Å². The number of carbonyl (C=O) groups is 1. The number of aryl methyl sites for hydroxylation is 3. The summed E-state index contributed by atoms with van der Waals surface area (Å²) in [6.07, 6.45) is 7.89. The van der Waals surface area contributed by atoms with Crippen molar-refractivity contribution in [1.82, 2.24) is 9.78 Å². The van der Waals surface area contributed by atoms with Crippen LogP contribution in [0.25, 0.3) is 0 Å². The van der Waals surface area contributed by atoms with Gasteiger partial charge in [-0.25, -0.2) is 0 Å². The van der Waals surface area contributed by atoms with E-state index in [9.17, 15) is 4.79 Å². The van der Waals surface area contributed by atoms with E-state index in [0.29, 0.717) is 5.69 Å². The number of carbonyl (C=O) groups excluding carboxylic acids is 1. The largest absolute Gasteiger partial charge is 0.286 e. The van der Waals surface area contributed by atoms with Gasteiger partial charge in [0.25, 0.3) is 0 Å². The first-order valence-electron chi connectivity index (χ1n) is 6.40. The van der Waals surface area contributed by atoms with E-state index in [2.05, 4.69) is 11.2 Å². The van der Waals surface area contributed by atoms with Crippen LogP contribution in [0, 0.1) is 0 Å². The maximum Gasteiger partial charge on any atom is 0.223 e. The molecule has 0 atom stereocenters. The van der Waals surface area contributed by atoms with Crippen LogP contribution in [-0.2, 0) is 19.9 Å². The molecule has 4 heteroatoms. The fourth-order valence-corrected chi connectivity index (χ4v) is 3.64. The van der Waals surface area contributed by atoms with E-state index in [1.54, 1.807) is 22.1 Å². The van der Waals surface area contributed by atoms with Crippen molar-refractivity contribution in [3.63, 3.8) is 0 Å². The lowest BCUT2D eigenvalue weighted by molar-refractivity contribution is 0.103. The monoisotopic (exact) mass is 260 g/mol. The summed E-state index contributed by atoms with van der Waals surface area (Å²) in [5.41, 5.74) is 1.94. The fourth-order valence-electron chi connectivity index (χ4n) is 2.44. The molecule has 94 valence electrons. The first-order valence-corrected chi connectivity index (χ1v) is 7.21. The molecular formula is C14H16N2OS. The SMILES string of the molecule is Cn1ccc(C(=O)c2cc3c(s2)CCCCC3)n1. The number of aromatic nitrogens is 2. The molecule has 1 aliphatic carbocycles. The van der Waals surface area contributed by atoms with Gasteiger partial charge in [-0.3, -0.25) is 9.48 Å². The van der Waals surface area contributed by atoms with E-state index >= 15 is 0 Å². The quantitative estimate of drug-likeness (QED) is 0.614. The predicted molar refractivity (Wildman–Crippen MR) is 72.2 cm³/mol. The minimum absolute atomic E-state index is 0.0636. The molecule has 0 amide bonds. The van der Waals surface area contributed by atoms with E-state index in [0.717, 1.165) is 17.7 Å². The number of hydrogen-bond donors (Lipinski definition) is 0. The van der Waals surface area contributed by atoms with Gasteiger partial charge in [0.2, 0.25) is 5.78 Å². The van der Waals surface area contributed by atoms with Gasteiger partial charge in [0.15, 0.2) is 0 Å². The highest BCUT2D eigenvalue weighted by Crippen LogP contribution is 2.30. The van der Waals surface area contributed by atoms with Gasteiger partial charge in [0.1, 0.15) is 5.69 Å². The maximum atomic E-state index is 12.3. The number of hydrogen-bond acceptors (Lipinski definition) is 3. The van der Waals surface area contributed by atoms with Crippen molar-refractivity contribution in [2.24, 2.45) is 7.05 Å². The molecule has 0 fully saturated rings. The van der Waals surface area contributed by atoms with E-state index < -0.39 is 0 Å². The second-order valence-corrected chi connectivity index (χ2v) is 5.96. The Hall–Kier alpha value is -1.42. The van der Waals surface area contributed by atoms with Crippen LogP contribution in [0.4, 0.5) is 0 Å².